The van der Waals surface area contributed by atoms with E-state index in [9.17, 15) is 4.79 Å². The Balaban J connectivity index is 1.06. The number of aromatic nitrogens is 6. The van der Waals surface area contributed by atoms with Crippen LogP contribution < -0.4 is 5.73 Å². The van der Waals surface area contributed by atoms with Gasteiger partial charge in [-0.2, -0.15) is 5.10 Å². The zero-order valence-corrected chi connectivity index (χ0v) is 25.0. The van der Waals surface area contributed by atoms with Gasteiger partial charge in [0.2, 0.25) is 5.91 Å². The predicted molar refractivity (Wildman–Crippen MR) is 167 cm³/mol. The van der Waals surface area contributed by atoms with Crippen molar-refractivity contribution in [3.63, 3.8) is 0 Å². The van der Waals surface area contributed by atoms with Crippen LogP contribution in [0.1, 0.15) is 36.5 Å². The molecule has 0 fully saturated rings. The van der Waals surface area contributed by atoms with E-state index < -0.39 is 0 Å². The van der Waals surface area contributed by atoms with Crippen molar-refractivity contribution in [1.29, 1.82) is 0 Å². The van der Waals surface area contributed by atoms with Crippen molar-refractivity contribution in [2.24, 2.45) is 0 Å². The molecular formula is C32H38N8O4. The lowest BCUT2D eigenvalue weighted by molar-refractivity contribution is -0.133. The minimum absolute atomic E-state index is 0.105. The van der Waals surface area contributed by atoms with Crippen LogP contribution >= 0.6 is 0 Å². The third-order valence-electron chi connectivity index (χ3n) is 7.75. The SMILES string of the molecule is CCCOCCOCCOCCC(=O)N1CCc2cc(Cn3nc(-c4cnc5[nH]ccc5c4)c4c(N)ncnc43)ccc2C1. The molecule has 0 unspecified atom stereocenters. The van der Waals surface area contributed by atoms with Gasteiger partial charge >= 0.3 is 0 Å². The van der Waals surface area contributed by atoms with Gasteiger partial charge in [0.25, 0.3) is 0 Å². The van der Waals surface area contributed by atoms with Crippen LogP contribution in [-0.2, 0) is 38.5 Å². The minimum atomic E-state index is 0.105. The summed E-state index contributed by atoms with van der Waals surface area (Å²) in [5.41, 5.74) is 12.9. The number of rotatable bonds is 14. The van der Waals surface area contributed by atoms with E-state index in [2.05, 4.69) is 45.1 Å². The van der Waals surface area contributed by atoms with Gasteiger partial charge in [0, 0.05) is 43.0 Å². The number of hydrogen-bond acceptors (Lipinski definition) is 9. The molecule has 5 aromatic rings. The van der Waals surface area contributed by atoms with Crippen LogP contribution in [0.5, 0.6) is 0 Å². The van der Waals surface area contributed by atoms with Crippen molar-refractivity contribution in [1.82, 2.24) is 34.6 Å². The van der Waals surface area contributed by atoms with Gasteiger partial charge in [-0.25, -0.2) is 19.6 Å². The first kappa shape index (κ1) is 29.7. The number of anilines is 1. The van der Waals surface area contributed by atoms with Crippen molar-refractivity contribution >= 4 is 33.8 Å². The molecule has 0 bridgehead atoms. The maximum Gasteiger partial charge on any atom is 0.225 e. The summed E-state index contributed by atoms with van der Waals surface area (Å²) in [4.78, 5) is 31.2. The van der Waals surface area contributed by atoms with Crippen molar-refractivity contribution in [2.75, 3.05) is 51.9 Å². The number of pyridine rings is 1. The van der Waals surface area contributed by atoms with Crippen LogP contribution in [0.3, 0.4) is 0 Å². The molecule has 12 heteroatoms. The van der Waals surface area contributed by atoms with Crippen LogP contribution in [0.25, 0.3) is 33.3 Å². The quantitative estimate of drug-likeness (QED) is 0.183. The number of nitrogens with one attached hydrogen (secondary N) is 1. The van der Waals surface area contributed by atoms with Gasteiger partial charge in [-0.1, -0.05) is 25.1 Å². The van der Waals surface area contributed by atoms with Crippen LogP contribution in [0.4, 0.5) is 5.82 Å². The molecule has 12 nitrogen and oxygen atoms in total. The summed E-state index contributed by atoms with van der Waals surface area (Å²) in [6, 6.07) is 10.4. The number of carbonyl (C=O) groups is 1. The topological polar surface area (TPSA) is 146 Å². The van der Waals surface area contributed by atoms with Crippen molar-refractivity contribution in [3.05, 3.63) is 65.7 Å². The molecular weight excluding hydrogens is 560 g/mol. The molecule has 0 spiro atoms. The fourth-order valence-electron chi connectivity index (χ4n) is 5.51. The third kappa shape index (κ3) is 6.72. The molecule has 1 amide bonds. The average molecular weight is 599 g/mol. The van der Waals surface area contributed by atoms with E-state index in [-0.39, 0.29) is 5.91 Å². The highest BCUT2D eigenvalue weighted by Crippen LogP contribution is 2.31. The lowest BCUT2D eigenvalue weighted by Crippen LogP contribution is -2.36. The fourth-order valence-corrected chi connectivity index (χ4v) is 5.51. The molecule has 3 N–H and O–H groups in total. The Hall–Kier alpha value is -4.39. The summed E-state index contributed by atoms with van der Waals surface area (Å²) in [7, 11) is 0. The number of nitrogens with zero attached hydrogens (tertiary/aromatic N) is 6. The van der Waals surface area contributed by atoms with Gasteiger partial charge in [-0.3, -0.25) is 4.79 Å². The number of amides is 1. The van der Waals surface area contributed by atoms with Crippen molar-refractivity contribution in [2.45, 2.75) is 39.3 Å². The summed E-state index contributed by atoms with van der Waals surface area (Å²) in [5.74, 6) is 0.487. The maximum absolute atomic E-state index is 12.8. The Morgan fingerprint density at radius 3 is 2.64 bits per heavy atom. The van der Waals surface area contributed by atoms with Crippen LogP contribution in [0.15, 0.2) is 49.1 Å². The molecule has 0 saturated heterocycles. The van der Waals surface area contributed by atoms with E-state index in [1.165, 1.54) is 11.9 Å². The van der Waals surface area contributed by atoms with E-state index >= 15 is 0 Å². The first-order chi connectivity index (χ1) is 21.6. The maximum atomic E-state index is 12.8. The molecule has 1 aliphatic rings. The van der Waals surface area contributed by atoms with Gasteiger partial charge in [-0.05, 0) is 41.7 Å². The Labute approximate surface area is 255 Å². The molecule has 1 aromatic carbocycles. The zero-order chi connectivity index (χ0) is 30.3. The molecule has 0 aliphatic carbocycles. The molecule has 44 heavy (non-hydrogen) atoms. The Kier molecular flexibility index (Phi) is 9.40. The Morgan fingerprint density at radius 2 is 1.80 bits per heavy atom. The van der Waals surface area contributed by atoms with E-state index in [1.54, 1.807) is 6.20 Å². The molecule has 4 aromatic heterocycles. The van der Waals surface area contributed by atoms with Gasteiger partial charge in [0.05, 0.1) is 51.4 Å². The summed E-state index contributed by atoms with van der Waals surface area (Å²) < 4.78 is 18.3. The highest BCUT2D eigenvalue weighted by molar-refractivity contribution is 5.99. The first-order valence-corrected chi connectivity index (χ1v) is 15.1. The highest BCUT2D eigenvalue weighted by Gasteiger charge is 2.22. The monoisotopic (exact) mass is 598 g/mol. The van der Waals surface area contributed by atoms with Gasteiger partial charge < -0.3 is 29.8 Å². The number of nitrogens with two attached hydrogens (primary N) is 1. The molecule has 0 atom stereocenters. The predicted octanol–water partition coefficient (Wildman–Crippen LogP) is 3.73. The standard InChI is InChI=1S/C32H38N8O4/c1-2-10-42-12-14-44-15-13-43-11-7-27(41)39-9-6-23-16-22(3-4-25(23)20-39)19-40-32-28(30(33)36-21-37-32)29(38-40)26-17-24-5-8-34-31(24)35-18-26/h3-5,8,16-18,21H,2,6-7,9-15,19-20H2,1H3,(H,34,35)(H2,33,36,37). The Morgan fingerprint density at radius 1 is 0.977 bits per heavy atom. The molecule has 6 rings (SSSR count). The number of benzene rings is 1. The summed E-state index contributed by atoms with van der Waals surface area (Å²) >= 11 is 0. The molecule has 230 valence electrons. The number of aromatic amines is 1. The lowest BCUT2D eigenvalue weighted by atomic mass is 9.97. The number of ether oxygens (including phenoxy) is 3. The lowest BCUT2D eigenvalue weighted by Gasteiger charge is -2.29. The fraction of sp³-hybridized carbons (Fsp3) is 0.406. The third-order valence-corrected chi connectivity index (χ3v) is 7.75. The number of H-pyrrole nitrogens is 1. The second-order valence-corrected chi connectivity index (χ2v) is 10.9. The summed E-state index contributed by atoms with van der Waals surface area (Å²) in [6.45, 7) is 7.15. The van der Waals surface area contributed by atoms with Gasteiger partial charge in [-0.15, -0.1) is 0 Å². The second-order valence-electron chi connectivity index (χ2n) is 10.9. The smallest absolute Gasteiger partial charge is 0.225 e. The Bertz CT molecular complexity index is 1730. The van der Waals surface area contributed by atoms with Crippen molar-refractivity contribution in [3.8, 4) is 11.3 Å². The van der Waals surface area contributed by atoms with E-state index in [0.717, 1.165) is 47.2 Å². The molecule has 1 aliphatic heterocycles. The molecule has 0 saturated carbocycles. The van der Waals surface area contributed by atoms with Crippen LogP contribution in [0.2, 0.25) is 0 Å². The molecule has 5 heterocycles. The zero-order valence-electron chi connectivity index (χ0n) is 25.0. The average Bonchev–Trinajstić information content (AvgIpc) is 3.66. The van der Waals surface area contributed by atoms with E-state index in [0.29, 0.717) is 81.6 Å². The summed E-state index contributed by atoms with van der Waals surface area (Å²) in [6.07, 6.45) is 7.28. The largest absolute Gasteiger partial charge is 0.383 e. The van der Waals surface area contributed by atoms with E-state index in [4.69, 9.17) is 25.0 Å². The molecule has 0 radical (unpaired) electrons. The number of hydrogen-bond donors (Lipinski definition) is 2. The number of fused-ring (bicyclic) bond motifs is 3. The number of nitrogen functional groups attached to an aromatic ring is 1. The second kappa shape index (κ2) is 13.9. The number of carbonyl (C=O) groups excluding carboxylic acids is 1. The van der Waals surface area contributed by atoms with Crippen molar-refractivity contribution < 1.29 is 19.0 Å². The van der Waals surface area contributed by atoms with Crippen LogP contribution in [-0.4, -0.2) is 86.7 Å². The highest BCUT2D eigenvalue weighted by atomic mass is 16.5. The van der Waals surface area contributed by atoms with Crippen LogP contribution in [0, 0.1) is 0 Å². The van der Waals surface area contributed by atoms with E-state index in [1.807, 2.05) is 27.9 Å². The van der Waals surface area contributed by atoms with Gasteiger partial charge in [0.1, 0.15) is 23.5 Å². The normalized spacial score (nSPS) is 13.2. The minimum Gasteiger partial charge on any atom is -0.383 e. The summed E-state index contributed by atoms with van der Waals surface area (Å²) in [5, 5.41) is 6.63. The van der Waals surface area contributed by atoms with Gasteiger partial charge in [0.15, 0.2) is 5.65 Å². The first-order valence-electron chi connectivity index (χ1n) is 15.1.